The smallest absolute Gasteiger partial charge is 0.321 e. The molecule has 0 aliphatic rings. The number of nitriles is 1. The molecule has 2 rings (SSSR count). The van der Waals surface area contributed by atoms with Gasteiger partial charge in [0.2, 0.25) is 10.0 Å². The van der Waals surface area contributed by atoms with E-state index in [1.165, 1.54) is 46.6 Å². The molecule has 0 fully saturated rings. The van der Waals surface area contributed by atoms with Crippen LogP contribution in [0.2, 0.25) is 0 Å². The van der Waals surface area contributed by atoms with Crippen molar-refractivity contribution in [3.05, 3.63) is 72.3 Å². The zero-order valence-electron chi connectivity index (χ0n) is 15.8. The number of nitrogens with one attached hydrogen (secondary N) is 1. The number of sulfonamides is 1. The van der Waals surface area contributed by atoms with Crippen LogP contribution in [0.25, 0.3) is 0 Å². The van der Waals surface area contributed by atoms with Crippen molar-refractivity contribution in [1.29, 1.82) is 5.26 Å². The highest BCUT2D eigenvalue weighted by atomic mass is 32.2. The van der Waals surface area contributed by atoms with Crippen LogP contribution in [0.5, 0.6) is 0 Å². The third kappa shape index (κ3) is 5.19. The van der Waals surface area contributed by atoms with E-state index in [0.29, 0.717) is 17.8 Å². The number of hydrogen-bond donors (Lipinski definition) is 1. The van der Waals surface area contributed by atoms with Crippen LogP contribution in [0.15, 0.2) is 66.1 Å². The summed E-state index contributed by atoms with van der Waals surface area (Å²) in [5.41, 5.74) is 1.85. The van der Waals surface area contributed by atoms with Crippen LogP contribution in [0.4, 0.5) is 10.5 Å². The molecule has 0 aromatic heterocycles. The Kier molecular flexibility index (Phi) is 6.93. The summed E-state index contributed by atoms with van der Waals surface area (Å²) in [6.07, 6.45) is 1.51. The number of carbonyl (C=O) groups is 1. The molecule has 0 aliphatic heterocycles. The maximum absolute atomic E-state index is 12.4. The highest BCUT2D eigenvalue weighted by Crippen LogP contribution is 2.18. The molecule has 2 amide bonds. The van der Waals surface area contributed by atoms with Gasteiger partial charge in [0.05, 0.1) is 16.5 Å². The maximum Gasteiger partial charge on any atom is 0.321 e. The van der Waals surface area contributed by atoms with Gasteiger partial charge in [-0.15, -0.1) is 6.58 Å². The fourth-order valence-electron chi connectivity index (χ4n) is 2.47. The first-order valence-electron chi connectivity index (χ1n) is 8.46. The molecule has 8 heteroatoms. The zero-order chi connectivity index (χ0) is 20.7. The summed E-state index contributed by atoms with van der Waals surface area (Å²) in [7, 11) is -0.486. The van der Waals surface area contributed by atoms with Crippen LogP contribution in [0.1, 0.15) is 11.1 Å². The van der Waals surface area contributed by atoms with Crippen molar-refractivity contribution in [2.45, 2.75) is 11.4 Å². The second kappa shape index (κ2) is 9.17. The highest BCUT2D eigenvalue weighted by Gasteiger charge is 2.19. The van der Waals surface area contributed by atoms with E-state index in [0.717, 1.165) is 5.56 Å². The summed E-state index contributed by atoms with van der Waals surface area (Å²) < 4.78 is 25.9. The third-order valence-corrected chi connectivity index (χ3v) is 5.86. The average molecular weight is 398 g/mol. The van der Waals surface area contributed by atoms with Crippen LogP contribution in [0.3, 0.4) is 0 Å². The minimum absolute atomic E-state index is 0.136. The molecular formula is C20H22N4O3S. The lowest BCUT2D eigenvalue weighted by molar-refractivity contribution is 0.220. The van der Waals surface area contributed by atoms with Gasteiger partial charge in [-0.2, -0.15) is 9.57 Å². The molecular weight excluding hydrogens is 376 g/mol. The van der Waals surface area contributed by atoms with Crippen LogP contribution in [-0.4, -0.2) is 44.3 Å². The summed E-state index contributed by atoms with van der Waals surface area (Å²) >= 11 is 0. The monoisotopic (exact) mass is 398 g/mol. The number of amides is 2. The number of hydrogen-bond acceptors (Lipinski definition) is 4. The molecule has 7 nitrogen and oxygen atoms in total. The zero-order valence-corrected chi connectivity index (χ0v) is 16.6. The maximum atomic E-state index is 12.4. The molecule has 0 spiro atoms. The number of benzene rings is 2. The number of likely N-dealkylation sites (N-methyl/N-ethyl adjacent to an activating group) is 1. The molecule has 0 bridgehead atoms. The Morgan fingerprint density at radius 1 is 1.21 bits per heavy atom. The van der Waals surface area contributed by atoms with Crippen molar-refractivity contribution in [2.24, 2.45) is 0 Å². The van der Waals surface area contributed by atoms with Crippen molar-refractivity contribution in [2.75, 3.05) is 26.0 Å². The molecule has 0 saturated carbocycles. The predicted molar refractivity (Wildman–Crippen MR) is 108 cm³/mol. The SMILES string of the molecule is C=CCN(C)S(=O)(=O)c1ccc(NC(=O)N(C)Cc2cccc(C#N)c2)cc1. The quantitative estimate of drug-likeness (QED) is 0.726. The van der Waals surface area contributed by atoms with Gasteiger partial charge in [-0.3, -0.25) is 0 Å². The molecule has 1 N–H and O–H groups in total. The fraction of sp³-hybridized carbons (Fsp3) is 0.200. The van der Waals surface area contributed by atoms with E-state index in [9.17, 15) is 13.2 Å². The van der Waals surface area contributed by atoms with E-state index in [1.807, 2.05) is 6.07 Å². The summed E-state index contributed by atoms with van der Waals surface area (Å²) in [4.78, 5) is 14.0. The van der Waals surface area contributed by atoms with Gasteiger partial charge in [-0.25, -0.2) is 13.2 Å². The Balaban J connectivity index is 2.04. The lowest BCUT2D eigenvalue weighted by Gasteiger charge is -2.19. The van der Waals surface area contributed by atoms with Gasteiger partial charge >= 0.3 is 6.03 Å². The Bertz CT molecular complexity index is 995. The van der Waals surface area contributed by atoms with Gasteiger partial charge < -0.3 is 10.2 Å². The highest BCUT2D eigenvalue weighted by molar-refractivity contribution is 7.89. The Morgan fingerprint density at radius 2 is 1.89 bits per heavy atom. The van der Waals surface area contributed by atoms with Crippen molar-refractivity contribution >= 4 is 21.7 Å². The Labute approximate surface area is 165 Å². The van der Waals surface area contributed by atoms with Crippen molar-refractivity contribution < 1.29 is 13.2 Å². The minimum atomic E-state index is -3.60. The van der Waals surface area contributed by atoms with E-state index in [4.69, 9.17) is 5.26 Å². The minimum Gasteiger partial charge on any atom is -0.323 e. The molecule has 0 unspecified atom stereocenters. The van der Waals surface area contributed by atoms with E-state index in [1.54, 1.807) is 25.2 Å². The number of anilines is 1. The number of rotatable bonds is 7. The van der Waals surface area contributed by atoms with Gasteiger partial charge in [-0.1, -0.05) is 18.2 Å². The lowest BCUT2D eigenvalue weighted by atomic mass is 10.1. The van der Waals surface area contributed by atoms with E-state index in [-0.39, 0.29) is 17.5 Å². The van der Waals surface area contributed by atoms with E-state index < -0.39 is 10.0 Å². The summed E-state index contributed by atoms with van der Waals surface area (Å²) in [5, 5.41) is 11.7. The molecule has 146 valence electrons. The number of nitrogens with zero attached hydrogens (tertiary/aromatic N) is 3. The van der Waals surface area contributed by atoms with E-state index in [2.05, 4.69) is 18.0 Å². The molecule has 0 aliphatic carbocycles. The van der Waals surface area contributed by atoms with Crippen molar-refractivity contribution in [3.63, 3.8) is 0 Å². The molecule has 0 radical (unpaired) electrons. The standard InChI is InChI=1S/C20H22N4O3S/c1-4-12-24(3)28(26,27)19-10-8-18(9-11-19)22-20(25)23(2)15-17-7-5-6-16(13-17)14-21/h4-11,13H,1,12,15H2,2-3H3,(H,22,25). The van der Waals surface area contributed by atoms with Gasteiger partial charge in [0.15, 0.2) is 0 Å². The van der Waals surface area contributed by atoms with Crippen LogP contribution >= 0.6 is 0 Å². The van der Waals surface area contributed by atoms with Gasteiger partial charge in [-0.05, 0) is 42.0 Å². The molecule has 28 heavy (non-hydrogen) atoms. The first-order chi connectivity index (χ1) is 13.3. The van der Waals surface area contributed by atoms with Gasteiger partial charge in [0, 0.05) is 32.9 Å². The molecule has 2 aromatic rings. The molecule has 0 atom stereocenters. The second-order valence-corrected chi connectivity index (χ2v) is 8.24. The largest absolute Gasteiger partial charge is 0.323 e. The molecule has 0 saturated heterocycles. The summed E-state index contributed by atoms with van der Waals surface area (Å²) in [6.45, 7) is 4.08. The predicted octanol–water partition coefficient (Wildman–Crippen LogP) is 3.03. The van der Waals surface area contributed by atoms with E-state index >= 15 is 0 Å². The number of carbonyl (C=O) groups excluding carboxylic acids is 1. The average Bonchev–Trinajstić information content (AvgIpc) is 2.68. The Hall–Kier alpha value is -3.15. The normalized spacial score (nSPS) is 10.9. The van der Waals surface area contributed by atoms with Crippen LogP contribution in [0, 0.1) is 11.3 Å². The third-order valence-electron chi connectivity index (χ3n) is 4.02. The molecule has 2 aromatic carbocycles. The first-order valence-corrected chi connectivity index (χ1v) is 9.90. The summed E-state index contributed by atoms with van der Waals surface area (Å²) in [5.74, 6) is 0. The number of urea groups is 1. The van der Waals surface area contributed by atoms with Crippen LogP contribution in [-0.2, 0) is 16.6 Å². The van der Waals surface area contributed by atoms with Gasteiger partial charge in [0.1, 0.15) is 0 Å². The first kappa shape index (κ1) is 21.2. The van der Waals surface area contributed by atoms with Gasteiger partial charge in [0.25, 0.3) is 0 Å². The second-order valence-electron chi connectivity index (χ2n) is 6.20. The topological polar surface area (TPSA) is 93.5 Å². The fourth-order valence-corrected chi connectivity index (χ4v) is 3.62. The van der Waals surface area contributed by atoms with Crippen molar-refractivity contribution in [3.8, 4) is 6.07 Å². The summed E-state index contributed by atoms with van der Waals surface area (Å²) in [6, 6.07) is 14.7. The van der Waals surface area contributed by atoms with Crippen molar-refractivity contribution in [1.82, 2.24) is 9.21 Å². The van der Waals surface area contributed by atoms with Crippen LogP contribution < -0.4 is 5.32 Å². The Morgan fingerprint density at radius 3 is 2.50 bits per heavy atom. The molecule has 0 heterocycles. The lowest BCUT2D eigenvalue weighted by Crippen LogP contribution is -2.31.